The highest BCUT2D eigenvalue weighted by atomic mass is 16.6. The minimum atomic E-state index is -0.432. The van der Waals surface area contributed by atoms with E-state index < -0.39 is 4.92 Å². The van der Waals surface area contributed by atoms with Crippen molar-refractivity contribution in [2.24, 2.45) is 0 Å². The van der Waals surface area contributed by atoms with Crippen LogP contribution >= 0.6 is 0 Å². The van der Waals surface area contributed by atoms with E-state index in [1.165, 1.54) is 6.07 Å². The number of hydrogen-bond donors (Lipinski definition) is 1. The van der Waals surface area contributed by atoms with E-state index >= 15 is 0 Å². The summed E-state index contributed by atoms with van der Waals surface area (Å²) in [6.07, 6.45) is 0. The van der Waals surface area contributed by atoms with Crippen molar-refractivity contribution in [3.8, 4) is 0 Å². The molecule has 22 heavy (non-hydrogen) atoms. The van der Waals surface area contributed by atoms with Gasteiger partial charge in [0.05, 0.1) is 11.5 Å². The average molecular weight is 304 g/mol. The highest BCUT2D eigenvalue weighted by molar-refractivity contribution is 5.93. The van der Waals surface area contributed by atoms with Crippen LogP contribution in [0.5, 0.6) is 0 Å². The Hall–Kier alpha value is -2.90. The Morgan fingerprint density at radius 1 is 1.41 bits per heavy atom. The fourth-order valence-electron chi connectivity index (χ4n) is 2.00. The van der Waals surface area contributed by atoms with Crippen molar-refractivity contribution in [3.05, 3.63) is 45.7 Å². The number of anilines is 2. The highest BCUT2D eigenvalue weighted by Gasteiger charge is 2.14. The molecular formula is C14H16N4O4. The number of nitrogens with zero attached hydrogens (tertiary/aromatic N) is 3. The molecule has 0 radical (unpaired) electrons. The molecule has 1 N–H and O–H groups in total. The lowest BCUT2D eigenvalue weighted by Gasteiger charge is -2.18. The standard InChI is InChI=1S/C14H16N4O4/c1-9-6-11(4-5-12(9)18(20)21)17(3)8-14(19)15-13-7-10(2)22-16-13/h4-7H,8H2,1-3H3,(H,15,16,19). The highest BCUT2D eigenvalue weighted by Crippen LogP contribution is 2.23. The van der Waals surface area contributed by atoms with Gasteiger partial charge in [-0.15, -0.1) is 0 Å². The number of likely N-dealkylation sites (N-methyl/N-ethyl adjacent to an activating group) is 1. The summed E-state index contributed by atoms with van der Waals surface area (Å²) >= 11 is 0. The number of aryl methyl sites for hydroxylation is 2. The number of carbonyl (C=O) groups is 1. The van der Waals surface area contributed by atoms with Gasteiger partial charge in [0.1, 0.15) is 5.76 Å². The third-order valence-corrected chi connectivity index (χ3v) is 3.09. The molecule has 0 spiro atoms. The van der Waals surface area contributed by atoms with Crippen LogP contribution < -0.4 is 10.2 Å². The fourth-order valence-corrected chi connectivity index (χ4v) is 2.00. The number of rotatable bonds is 5. The minimum Gasteiger partial charge on any atom is -0.365 e. The van der Waals surface area contributed by atoms with Gasteiger partial charge in [-0.3, -0.25) is 14.9 Å². The van der Waals surface area contributed by atoms with Gasteiger partial charge in [0, 0.05) is 30.4 Å². The molecule has 0 unspecified atom stereocenters. The van der Waals surface area contributed by atoms with E-state index in [1.807, 2.05) is 0 Å². The number of aromatic nitrogens is 1. The Labute approximate surface area is 126 Å². The van der Waals surface area contributed by atoms with Crippen LogP contribution in [0.4, 0.5) is 17.2 Å². The van der Waals surface area contributed by atoms with Crippen molar-refractivity contribution < 1.29 is 14.2 Å². The molecule has 0 atom stereocenters. The molecule has 0 aliphatic carbocycles. The zero-order valence-corrected chi connectivity index (χ0v) is 12.5. The van der Waals surface area contributed by atoms with Crippen molar-refractivity contribution in [1.82, 2.24) is 5.16 Å². The van der Waals surface area contributed by atoms with Crippen molar-refractivity contribution >= 4 is 23.1 Å². The number of carbonyl (C=O) groups excluding carboxylic acids is 1. The number of amides is 1. The number of nitrogens with one attached hydrogen (secondary N) is 1. The van der Waals surface area contributed by atoms with E-state index in [4.69, 9.17) is 4.52 Å². The average Bonchev–Trinajstić information content (AvgIpc) is 2.83. The van der Waals surface area contributed by atoms with Crippen molar-refractivity contribution in [1.29, 1.82) is 0 Å². The van der Waals surface area contributed by atoms with Crippen LogP contribution in [0.25, 0.3) is 0 Å². The third-order valence-electron chi connectivity index (χ3n) is 3.09. The second kappa shape index (κ2) is 6.25. The number of nitro benzene ring substituents is 1. The van der Waals surface area contributed by atoms with Crippen LogP contribution in [0.3, 0.4) is 0 Å². The first-order chi connectivity index (χ1) is 10.4. The van der Waals surface area contributed by atoms with Gasteiger partial charge >= 0.3 is 0 Å². The van der Waals surface area contributed by atoms with Crippen molar-refractivity contribution in [3.63, 3.8) is 0 Å². The Balaban J connectivity index is 2.02. The zero-order valence-electron chi connectivity index (χ0n) is 12.5. The molecule has 1 aromatic heterocycles. The summed E-state index contributed by atoms with van der Waals surface area (Å²) in [5.74, 6) is 0.706. The predicted molar refractivity (Wildman–Crippen MR) is 81.0 cm³/mol. The van der Waals surface area contributed by atoms with E-state index in [0.717, 1.165) is 5.69 Å². The summed E-state index contributed by atoms with van der Waals surface area (Å²) < 4.78 is 4.86. The van der Waals surface area contributed by atoms with Gasteiger partial charge in [0.15, 0.2) is 5.82 Å². The molecule has 8 heteroatoms. The van der Waals surface area contributed by atoms with Gasteiger partial charge in [-0.05, 0) is 26.0 Å². The van der Waals surface area contributed by atoms with Crippen LogP contribution in [0.1, 0.15) is 11.3 Å². The molecule has 0 fully saturated rings. The fraction of sp³-hybridized carbons (Fsp3) is 0.286. The summed E-state index contributed by atoms with van der Waals surface area (Å²) in [6, 6.07) is 6.33. The van der Waals surface area contributed by atoms with Gasteiger partial charge in [0.25, 0.3) is 5.69 Å². The zero-order chi connectivity index (χ0) is 16.3. The first-order valence-corrected chi connectivity index (χ1v) is 6.56. The lowest BCUT2D eigenvalue weighted by molar-refractivity contribution is -0.385. The second-order valence-corrected chi connectivity index (χ2v) is 4.95. The topological polar surface area (TPSA) is 102 Å². The molecule has 8 nitrogen and oxygen atoms in total. The van der Waals surface area contributed by atoms with E-state index in [9.17, 15) is 14.9 Å². The van der Waals surface area contributed by atoms with Gasteiger partial charge in [-0.25, -0.2) is 0 Å². The second-order valence-electron chi connectivity index (χ2n) is 4.95. The molecule has 116 valence electrons. The van der Waals surface area contributed by atoms with E-state index in [-0.39, 0.29) is 18.1 Å². The van der Waals surface area contributed by atoms with E-state index in [1.54, 1.807) is 44.0 Å². The van der Waals surface area contributed by atoms with Gasteiger partial charge in [-0.1, -0.05) is 5.16 Å². The largest absolute Gasteiger partial charge is 0.365 e. The molecule has 1 aromatic carbocycles. The maximum absolute atomic E-state index is 11.9. The van der Waals surface area contributed by atoms with E-state index in [0.29, 0.717) is 17.1 Å². The summed E-state index contributed by atoms with van der Waals surface area (Å²) in [6.45, 7) is 3.48. The normalized spacial score (nSPS) is 10.3. The summed E-state index contributed by atoms with van der Waals surface area (Å²) in [7, 11) is 1.73. The monoisotopic (exact) mass is 304 g/mol. The smallest absolute Gasteiger partial charge is 0.272 e. The molecule has 1 heterocycles. The quantitative estimate of drug-likeness (QED) is 0.671. The first-order valence-electron chi connectivity index (χ1n) is 6.56. The summed E-state index contributed by atoms with van der Waals surface area (Å²) in [4.78, 5) is 24.0. The van der Waals surface area contributed by atoms with Crippen LogP contribution in [0.15, 0.2) is 28.8 Å². The molecule has 2 rings (SSSR count). The molecule has 0 aliphatic rings. The summed E-state index contributed by atoms with van der Waals surface area (Å²) in [5.41, 5.74) is 1.32. The molecule has 1 amide bonds. The van der Waals surface area contributed by atoms with Crippen molar-refractivity contribution in [2.45, 2.75) is 13.8 Å². The molecular weight excluding hydrogens is 288 g/mol. The van der Waals surface area contributed by atoms with Gasteiger partial charge < -0.3 is 14.7 Å². The van der Waals surface area contributed by atoms with Gasteiger partial charge in [-0.2, -0.15) is 0 Å². The van der Waals surface area contributed by atoms with E-state index in [2.05, 4.69) is 10.5 Å². The van der Waals surface area contributed by atoms with Crippen molar-refractivity contribution in [2.75, 3.05) is 23.8 Å². The Kier molecular flexibility index (Phi) is 4.40. The number of hydrogen-bond acceptors (Lipinski definition) is 6. The third kappa shape index (κ3) is 3.60. The predicted octanol–water partition coefficient (Wildman–Crippen LogP) is 2.27. The minimum absolute atomic E-state index is 0.0553. The Morgan fingerprint density at radius 3 is 2.68 bits per heavy atom. The summed E-state index contributed by atoms with van der Waals surface area (Å²) in [5, 5.41) is 17.1. The number of nitro groups is 1. The molecule has 0 aliphatic heterocycles. The lowest BCUT2D eigenvalue weighted by atomic mass is 10.1. The molecule has 0 saturated carbocycles. The lowest BCUT2D eigenvalue weighted by Crippen LogP contribution is -2.30. The Morgan fingerprint density at radius 2 is 2.14 bits per heavy atom. The Bertz CT molecular complexity index is 711. The SMILES string of the molecule is Cc1cc(NC(=O)CN(C)c2ccc([N+](=O)[O-])c(C)c2)no1. The number of benzene rings is 1. The first kappa shape index (κ1) is 15.5. The molecule has 2 aromatic rings. The molecule has 0 saturated heterocycles. The van der Waals surface area contributed by atoms with Crippen LogP contribution in [-0.2, 0) is 4.79 Å². The van der Waals surface area contributed by atoms with Crippen LogP contribution in [0.2, 0.25) is 0 Å². The van der Waals surface area contributed by atoms with Gasteiger partial charge in [0.2, 0.25) is 5.91 Å². The van der Waals surface area contributed by atoms with Crippen LogP contribution in [0, 0.1) is 24.0 Å². The maximum atomic E-state index is 11.9. The molecule has 0 bridgehead atoms. The van der Waals surface area contributed by atoms with Crippen LogP contribution in [-0.4, -0.2) is 29.6 Å². The maximum Gasteiger partial charge on any atom is 0.272 e.